The number of rotatable bonds is 10. The van der Waals surface area contributed by atoms with Gasteiger partial charge >= 0.3 is 5.69 Å². The predicted octanol–water partition coefficient (Wildman–Crippen LogP) is -0.0553. The molecule has 0 spiro atoms. The number of aliphatic hydroxyl groups excluding tert-OH is 1. The summed E-state index contributed by atoms with van der Waals surface area (Å²) in [5, 5.41) is 25.4. The Hall–Kier alpha value is -4.38. The monoisotopic (exact) mass is 492 g/mol. The molecule has 4 aromatic rings. The number of fused-ring (bicyclic) bond motifs is 1. The summed E-state index contributed by atoms with van der Waals surface area (Å²) in [5.74, 6) is -0.812. The summed E-state index contributed by atoms with van der Waals surface area (Å²) in [6, 6.07) is 15.1. The third-order valence-corrected chi connectivity index (χ3v) is 5.73. The number of aliphatic carboxylic acids is 1. The number of aryl methyl sites for hydroxylation is 2. The number of benzene rings is 2. The zero-order valence-electron chi connectivity index (χ0n) is 19.8. The van der Waals surface area contributed by atoms with Gasteiger partial charge in [-0.3, -0.25) is 14.3 Å². The van der Waals surface area contributed by atoms with Gasteiger partial charge in [0, 0.05) is 7.05 Å². The third kappa shape index (κ3) is 5.47. The lowest BCUT2D eigenvalue weighted by molar-refractivity contribution is -0.306. The van der Waals surface area contributed by atoms with Crippen LogP contribution in [-0.2, 0) is 24.8 Å². The van der Waals surface area contributed by atoms with E-state index < -0.39 is 29.4 Å². The number of carbonyl (C=O) groups excluding carboxylic acids is 1. The van der Waals surface area contributed by atoms with E-state index in [1.54, 1.807) is 36.4 Å². The zero-order valence-corrected chi connectivity index (χ0v) is 19.8. The van der Waals surface area contributed by atoms with Crippen molar-refractivity contribution >= 4 is 23.1 Å². The molecule has 0 radical (unpaired) electrons. The Morgan fingerprint density at radius 3 is 2.53 bits per heavy atom. The first kappa shape index (κ1) is 24.7. The number of H-pyrrole nitrogens is 1. The van der Waals surface area contributed by atoms with E-state index in [9.17, 15) is 24.6 Å². The van der Waals surface area contributed by atoms with E-state index in [-0.39, 0.29) is 36.7 Å². The fraction of sp³-hybridized carbons (Fsp3) is 0.280. The van der Waals surface area contributed by atoms with Gasteiger partial charge in [-0.2, -0.15) is 4.98 Å². The molecule has 4 rings (SSSR count). The van der Waals surface area contributed by atoms with Crippen LogP contribution < -0.4 is 26.4 Å². The molecular formula is C25H26N5O6-. The minimum atomic E-state index is -1.37. The van der Waals surface area contributed by atoms with E-state index in [2.05, 4.69) is 15.3 Å². The van der Waals surface area contributed by atoms with E-state index >= 15 is 0 Å². The molecule has 2 aromatic carbocycles. The van der Waals surface area contributed by atoms with Gasteiger partial charge in [-0.25, -0.2) is 4.79 Å². The standard InChI is InChI=1S/C25H27N5O6/c1-15-8-10-18(11-9-15)36-14-17(31)13-30-20-21(29(2)25(35)28-22(20)32)27-24(30)26-19(23(33)34)12-16-6-4-3-5-7-16/h3-11,17,19,31H,12-14H2,1-2H3,(H,26,27)(H,33,34)(H,28,32,35)/p-1/t17-,19-/m1/s1. The largest absolute Gasteiger partial charge is 0.548 e. The van der Waals surface area contributed by atoms with Crippen LogP contribution >= 0.6 is 0 Å². The van der Waals surface area contributed by atoms with Gasteiger partial charge in [-0.15, -0.1) is 0 Å². The van der Waals surface area contributed by atoms with E-state index in [0.29, 0.717) is 5.75 Å². The van der Waals surface area contributed by atoms with Crippen LogP contribution in [0.15, 0.2) is 64.2 Å². The Balaban J connectivity index is 1.66. The number of carbonyl (C=O) groups is 1. The number of aromatic nitrogens is 4. The zero-order chi connectivity index (χ0) is 25.8. The second-order valence-electron chi connectivity index (χ2n) is 8.52. The number of ether oxygens (including phenoxy) is 1. The molecule has 2 aromatic heterocycles. The summed E-state index contributed by atoms with van der Waals surface area (Å²) < 4.78 is 8.13. The smallest absolute Gasteiger partial charge is 0.329 e. The molecule has 0 bridgehead atoms. The highest BCUT2D eigenvalue weighted by Crippen LogP contribution is 2.19. The minimum Gasteiger partial charge on any atom is -0.548 e. The Morgan fingerprint density at radius 2 is 1.86 bits per heavy atom. The molecule has 0 unspecified atom stereocenters. The predicted molar refractivity (Wildman–Crippen MR) is 131 cm³/mol. The Kier molecular flexibility index (Phi) is 7.20. The molecule has 2 atom stereocenters. The molecule has 36 heavy (non-hydrogen) atoms. The van der Waals surface area contributed by atoms with Crippen molar-refractivity contribution < 1.29 is 19.7 Å². The maximum Gasteiger partial charge on any atom is 0.329 e. The van der Waals surface area contributed by atoms with Gasteiger partial charge < -0.3 is 29.6 Å². The number of aromatic amines is 1. The topological polar surface area (TPSA) is 154 Å². The van der Waals surface area contributed by atoms with Gasteiger partial charge in [-0.1, -0.05) is 48.0 Å². The first-order chi connectivity index (χ1) is 17.2. The summed E-state index contributed by atoms with van der Waals surface area (Å²) in [6.45, 7) is 1.69. The molecule has 0 aliphatic carbocycles. The van der Waals surface area contributed by atoms with Gasteiger partial charge in [-0.05, 0) is 31.0 Å². The number of imidazole rings is 1. The number of hydrogen-bond donors (Lipinski definition) is 3. The SMILES string of the molecule is Cc1ccc(OC[C@H](O)Cn2c(N[C@H](Cc3ccccc3)C(=O)[O-])nc3c2c(=O)[nH]c(=O)n3C)cc1. The minimum absolute atomic E-state index is 0.00350. The first-order valence-electron chi connectivity index (χ1n) is 11.3. The van der Waals surface area contributed by atoms with Gasteiger partial charge in [0.1, 0.15) is 18.5 Å². The fourth-order valence-electron chi connectivity index (χ4n) is 3.81. The van der Waals surface area contributed by atoms with Crippen LogP contribution in [0.2, 0.25) is 0 Å². The summed E-state index contributed by atoms with van der Waals surface area (Å²) in [6.07, 6.45) is -1.00. The molecule has 0 saturated carbocycles. The van der Waals surface area contributed by atoms with Gasteiger partial charge in [0.2, 0.25) is 5.95 Å². The van der Waals surface area contributed by atoms with Crippen LogP contribution in [0.1, 0.15) is 11.1 Å². The van der Waals surface area contributed by atoms with Crippen molar-refractivity contribution in [2.75, 3.05) is 11.9 Å². The van der Waals surface area contributed by atoms with E-state index in [1.165, 1.54) is 11.6 Å². The van der Waals surface area contributed by atoms with Crippen LogP contribution in [0.3, 0.4) is 0 Å². The van der Waals surface area contributed by atoms with Crippen LogP contribution in [0.25, 0.3) is 11.2 Å². The maximum absolute atomic E-state index is 12.7. The number of nitrogens with one attached hydrogen (secondary N) is 2. The average Bonchev–Trinajstić information content (AvgIpc) is 3.20. The van der Waals surface area contributed by atoms with Crippen LogP contribution in [0.5, 0.6) is 5.75 Å². The van der Waals surface area contributed by atoms with Gasteiger partial charge in [0.25, 0.3) is 5.56 Å². The molecule has 3 N–H and O–H groups in total. The van der Waals surface area contributed by atoms with Crippen molar-refractivity contribution in [1.82, 2.24) is 19.1 Å². The van der Waals surface area contributed by atoms with Crippen LogP contribution in [0.4, 0.5) is 5.95 Å². The lowest BCUT2D eigenvalue weighted by atomic mass is 10.1. The molecule has 0 aliphatic heterocycles. The highest BCUT2D eigenvalue weighted by Gasteiger charge is 2.22. The number of carboxylic acid groups (broad SMARTS) is 1. The van der Waals surface area contributed by atoms with Crippen molar-refractivity contribution in [3.8, 4) is 5.75 Å². The number of anilines is 1. The normalized spacial score (nSPS) is 12.9. The van der Waals surface area contributed by atoms with Crippen LogP contribution in [0, 0.1) is 6.92 Å². The second-order valence-corrected chi connectivity index (χ2v) is 8.52. The second kappa shape index (κ2) is 10.5. The van der Waals surface area contributed by atoms with Crippen LogP contribution in [-0.4, -0.2) is 48.9 Å². The first-order valence-corrected chi connectivity index (χ1v) is 11.3. The summed E-state index contributed by atoms with van der Waals surface area (Å²) in [4.78, 5) is 43.3. The number of hydrogen-bond acceptors (Lipinski definition) is 8. The molecule has 0 saturated heterocycles. The Bertz CT molecular complexity index is 1470. The quantitative estimate of drug-likeness (QED) is 0.278. The molecule has 11 heteroatoms. The molecule has 0 amide bonds. The molecule has 0 fully saturated rings. The third-order valence-electron chi connectivity index (χ3n) is 5.73. The van der Waals surface area contributed by atoms with E-state index in [0.717, 1.165) is 15.7 Å². The Labute approximate surface area is 205 Å². The van der Waals surface area contributed by atoms with Gasteiger partial charge in [0.05, 0.1) is 18.6 Å². The van der Waals surface area contributed by atoms with Crippen molar-refractivity contribution in [2.45, 2.75) is 32.0 Å². The molecular weight excluding hydrogens is 466 g/mol. The lowest BCUT2D eigenvalue weighted by Crippen LogP contribution is -2.43. The summed E-state index contributed by atoms with van der Waals surface area (Å²) >= 11 is 0. The maximum atomic E-state index is 12.7. The molecule has 188 valence electrons. The van der Waals surface area contributed by atoms with Crippen molar-refractivity contribution in [2.24, 2.45) is 7.05 Å². The highest BCUT2D eigenvalue weighted by molar-refractivity contribution is 5.78. The summed E-state index contributed by atoms with van der Waals surface area (Å²) in [5.41, 5.74) is 0.464. The summed E-state index contributed by atoms with van der Waals surface area (Å²) in [7, 11) is 1.43. The number of carboxylic acids is 1. The van der Waals surface area contributed by atoms with Crippen molar-refractivity contribution in [3.63, 3.8) is 0 Å². The highest BCUT2D eigenvalue weighted by atomic mass is 16.5. The number of nitrogens with zero attached hydrogens (tertiary/aromatic N) is 3. The number of aliphatic hydroxyl groups is 1. The molecule has 0 aliphatic rings. The molecule has 2 heterocycles. The van der Waals surface area contributed by atoms with Crippen molar-refractivity contribution in [1.29, 1.82) is 0 Å². The van der Waals surface area contributed by atoms with E-state index in [1.807, 2.05) is 25.1 Å². The fourth-order valence-corrected chi connectivity index (χ4v) is 3.81. The van der Waals surface area contributed by atoms with E-state index in [4.69, 9.17) is 4.74 Å². The van der Waals surface area contributed by atoms with Gasteiger partial charge in [0.15, 0.2) is 11.2 Å². The molecule has 11 nitrogen and oxygen atoms in total. The lowest BCUT2D eigenvalue weighted by Gasteiger charge is -2.22. The Morgan fingerprint density at radius 1 is 1.17 bits per heavy atom. The van der Waals surface area contributed by atoms with Crippen molar-refractivity contribution in [3.05, 3.63) is 86.6 Å². The average molecular weight is 493 g/mol.